The summed E-state index contributed by atoms with van der Waals surface area (Å²) in [7, 11) is 2.72. The molecule has 0 saturated carbocycles. The molecule has 2 atom stereocenters. The molecule has 10 heavy (non-hydrogen) atoms. The minimum absolute atomic E-state index is 0.0417. The molecular weight excluding hydrogens is 136 g/mol. The Kier molecular flexibility index (Phi) is 3.81. The minimum Gasteiger partial charge on any atom is -0.368 e. The highest BCUT2D eigenvalue weighted by Crippen LogP contribution is 2.12. The highest BCUT2D eigenvalue weighted by Gasteiger charge is 2.23. The Morgan fingerprint density at radius 3 is 2.30 bits per heavy atom. The lowest BCUT2D eigenvalue weighted by Gasteiger charge is -2.23. The van der Waals surface area contributed by atoms with Crippen molar-refractivity contribution in [2.45, 2.75) is 25.4 Å². The summed E-state index contributed by atoms with van der Waals surface area (Å²) in [6.45, 7) is 1.45. The summed E-state index contributed by atoms with van der Waals surface area (Å²) in [6, 6.07) is 0. The molecule has 0 fully saturated rings. The topological polar surface area (TPSA) is 58.9 Å². The van der Waals surface area contributed by atoms with Crippen molar-refractivity contribution in [3.63, 3.8) is 0 Å². The molecule has 0 rings (SSSR count). The third kappa shape index (κ3) is 3.79. The molecule has 0 radical (unpaired) electrons. The minimum atomic E-state index is -1.31. The molecule has 0 aliphatic rings. The standard InChI is InChI=1S/C6H14O4/c1-6(8,10-3)4-5(7)9-2/h5,7-8H,4H2,1-3H3/t5?,6-/m0/s1. The molecule has 0 heterocycles. The van der Waals surface area contributed by atoms with Gasteiger partial charge in [0.15, 0.2) is 12.1 Å². The van der Waals surface area contributed by atoms with E-state index in [1.54, 1.807) is 0 Å². The van der Waals surface area contributed by atoms with E-state index in [0.29, 0.717) is 0 Å². The number of rotatable bonds is 4. The number of methoxy groups -OCH3 is 2. The zero-order chi connectivity index (χ0) is 8.20. The van der Waals surface area contributed by atoms with E-state index < -0.39 is 12.1 Å². The van der Waals surface area contributed by atoms with Gasteiger partial charge in [-0.05, 0) is 6.92 Å². The van der Waals surface area contributed by atoms with E-state index in [0.717, 1.165) is 0 Å². The quantitative estimate of drug-likeness (QED) is 0.540. The maximum atomic E-state index is 9.16. The summed E-state index contributed by atoms with van der Waals surface area (Å²) in [6.07, 6.45) is -0.935. The van der Waals surface area contributed by atoms with Gasteiger partial charge in [0.05, 0.1) is 6.42 Å². The SMILES string of the molecule is COC(O)C[C@@](C)(O)OC. The fraction of sp³-hybridized carbons (Fsp3) is 1.00. The summed E-state index contributed by atoms with van der Waals surface area (Å²) in [4.78, 5) is 0. The lowest BCUT2D eigenvalue weighted by atomic mass is 10.2. The lowest BCUT2D eigenvalue weighted by molar-refractivity contribution is -0.218. The van der Waals surface area contributed by atoms with Crippen LogP contribution in [0.4, 0.5) is 0 Å². The van der Waals surface area contributed by atoms with Gasteiger partial charge in [-0.3, -0.25) is 0 Å². The molecule has 0 aromatic carbocycles. The average Bonchev–Trinajstić information content (AvgIpc) is 1.87. The summed E-state index contributed by atoms with van der Waals surface area (Å²) in [5, 5.41) is 18.0. The van der Waals surface area contributed by atoms with Gasteiger partial charge in [0.1, 0.15) is 0 Å². The first kappa shape index (κ1) is 9.84. The van der Waals surface area contributed by atoms with E-state index in [1.807, 2.05) is 0 Å². The Morgan fingerprint density at radius 1 is 1.50 bits per heavy atom. The van der Waals surface area contributed by atoms with E-state index in [1.165, 1.54) is 21.1 Å². The lowest BCUT2D eigenvalue weighted by Crippen LogP contribution is -2.32. The fourth-order valence-electron chi connectivity index (χ4n) is 0.491. The first-order chi connectivity index (χ1) is 4.52. The zero-order valence-corrected chi connectivity index (χ0v) is 6.50. The first-order valence-electron chi connectivity index (χ1n) is 3.00. The Morgan fingerprint density at radius 2 is 2.00 bits per heavy atom. The van der Waals surface area contributed by atoms with Gasteiger partial charge in [0.2, 0.25) is 0 Å². The van der Waals surface area contributed by atoms with Crippen LogP contribution < -0.4 is 0 Å². The summed E-state index contributed by atoms with van der Waals surface area (Å²) in [5.41, 5.74) is 0. The van der Waals surface area contributed by atoms with Crippen LogP contribution in [0.2, 0.25) is 0 Å². The van der Waals surface area contributed by atoms with Crippen molar-refractivity contribution in [2.75, 3.05) is 14.2 Å². The highest BCUT2D eigenvalue weighted by molar-refractivity contribution is 4.59. The molecule has 0 spiro atoms. The first-order valence-corrected chi connectivity index (χ1v) is 3.00. The number of aliphatic hydroxyl groups excluding tert-OH is 1. The van der Waals surface area contributed by atoms with E-state index >= 15 is 0 Å². The number of ether oxygens (including phenoxy) is 2. The second-order valence-electron chi connectivity index (χ2n) is 2.27. The van der Waals surface area contributed by atoms with Crippen molar-refractivity contribution in [1.82, 2.24) is 0 Å². The molecule has 0 bridgehead atoms. The van der Waals surface area contributed by atoms with E-state index in [9.17, 15) is 0 Å². The van der Waals surface area contributed by atoms with Gasteiger partial charge in [0, 0.05) is 14.2 Å². The van der Waals surface area contributed by atoms with Crippen LogP contribution in [-0.4, -0.2) is 36.5 Å². The van der Waals surface area contributed by atoms with Gasteiger partial charge in [-0.2, -0.15) is 0 Å². The van der Waals surface area contributed by atoms with Crippen LogP contribution in [0.3, 0.4) is 0 Å². The fourth-order valence-corrected chi connectivity index (χ4v) is 0.491. The van der Waals surface area contributed by atoms with Crippen LogP contribution in [0.15, 0.2) is 0 Å². The van der Waals surface area contributed by atoms with Gasteiger partial charge in [-0.15, -0.1) is 0 Å². The molecule has 0 saturated heterocycles. The molecule has 0 aromatic heterocycles. The van der Waals surface area contributed by atoms with Crippen LogP contribution in [0.25, 0.3) is 0 Å². The average molecular weight is 150 g/mol. The van der Waals surface area contributed by atoms with Gasteiger partial charge in [-0.1, -0.05) is 0 Å². The second-order valence-corrected chi connectivity index (χ2v) is 2.27. The molecule has 0 aliphatic carbocycles. The summed E-state index contributed by atoms with van der Waals surface area (Å²) < 4.78 is 9.13. The van der Waals surface area contributed by atoms with Crippen LogP contribution in [0.5, 0.6) is 0 Å². The number of hydrogen-bond acceptors (Lipinski definition) is 4. The third-order valence-electron chi connectivity index (χ3n) is 1.27. The second kappa shape index (κ2) is 3.88. The van der Waals surface area contributed by atoms with Crippen LogP contribution in [0, 0.1) is 0 Å². The van der Waals surface area contributed by atoms with Crippen molar-refractivity contribution in [1.29, 1.82) is 0 Å². The molecule has 62 valence electrons. The Hall–Kier alpha value is -0.160. The molecule has 0 amide bonds. The van der Waals surface area contributed by atoms with Gasteiger partial charge in [-0.25, -0.2) is 0 Å². The van der Waals surface area contributed by atoms with Gasteiger partial charge < -0.3 is 19.7 Å². The van der Waals surface area contributed by atoms with Crippen molar-refractivity contribution in [2.24, 2.45) is 0 Å². The zero-order valence-electron chi connectivity index (χ0n) is 6.50. The molecule has 4 nitrogen and oxygen atoms in total. The van der Waals surface area contributed by atoms with Crippen LogP contribution in [-0.2, 0) is 9.47 Å². The van der Waals surface area contributed by atoms with Crippen LogP contribution >= 0.6 is 0 Å². The molecule has 0 aliphatic heterocycles. The monoisotopic (exact) mass is 150 g/mol. The Bertz CT molecular complexity index is 91.7. The Labute approximate surface area is 60.4 Å². The van der Waals surface area contributed by atoms with E-state index in [4.69, 9.17) is 10.2 Å². The van der Waals surface area contributed by atoms with Crippen molar-refractivity contribution in [3.05, 3.63) is 0 Å². The predicted molar refractivity (Wildman–Crippen MR) is 35.3 cm³/mol. The molecule has 1 unspecified atom stereocenters. The van der Waals surface area contributed by atoms with Crippen LogP contribution in [0.1, 0.15) is 13.3 Å². The van der Waals surface area contributed by atoms with Crippen molar-refractivity contribution in [3.8, 4) is 0 Å². The Balaban J connectivity index is 3.64. The maximum absolute atomic E-state index is 9.16. The predicted octanol–water partition coefficient (Wildman–Crippen LogP) is -0.304. The third-order valence-corrected chi connectivity index (χ3v) is 1.27. The molecule has 4 heteroatoms. The van der Waals surface area contributed by atoms with Gasteiger partial charge in [0.25, 0.3) is 0 Å². The molecule has 0 aromatic rings. The van der Waals surface area contributed by atoms with Crippen molar-refractivity contribution >= 4 is 0 Å². The van der Waals surface area contributed by atoms with E-state index in [-0.39, 0.29) is 6.42 Å². The molecular formula is C6H14O4. The number of aliphatic hydroxyl groups is 2. The summed E-state index contributed by atoms with van der Waals surface area (Å²) >= 11 is 0. The largest absolute Gasteiger partial charge is 0.368 e. The van der Waals surface area contributed by atoms with Gasteiger partial charge >= 0.3 is 0 Å². The maximum Gasteiger partial charge on any atom is 0.167 e. The molecule has 2 N–H and O–H groups in total. The van der Waals surface area contributed by atoms with Crippen molar-refractivity contribution < 1.29 is 19.7 Å². The smallest absolute Gasteiger partial charge is 0.167 e. The number of hydrogen-bond donors (Lipinski definition) is 2. The summed E-state index contributed by atoms with van der Waals surface area (Å²) in [5.74, 6) is -1.31. The van der Waals surface area contributed by atoms with E-state index in [2.05, 4.69) is 9.47 Å². The normalized spacial score (nSPS) is 20.1. The highest BCUT2D eigenvalue weighted by atomic mass is 16.6.